The molecule has 2 rings (SSSR count). The Balaban J connectivity index is 2.57. The highest BCUT2D eigenvalue weighted by molar-refractivity contribution is 6.01. The van der Waals surface area contributed by atoms with Crippen molar-refractivity contribution in [3.8, 4) is 0 Å². The molecule has 1 heterocycles. The van der Waals surface area contributed by atoms with Gasteiger partial charge >= 0.3 is 6.18 Å². The smallest absolute Gasteiger partial charge is 0.429 e. The number of rotatable bonds is 3. The van der Waals surface area contributed by atoms with Crippen LogP contribution in [-0.2, 0) is 5.60 Å². The van der Waals surface area contributed by atoms with Crippen molar-refractivity contribution >= 4 is 5.78 Å². The SMILES string of the molecule is O=C(c1ccco1)C(O)(c1ccccc1)C(F)(F)F. The van der Waals surface area contributed by atoms with Crippen molar-refractivity contribution in [2.75, 3.05) is 0 Å². The Morgan fingerprint density at radius 3 is 2.16 bits per heavy atom. The number of benzene rings is 1. The minimum absolute atomic E-state index is 0.552. The second-order valence-electron chi connectivity index (χ2n) is 3.88. The molecular weight excluding hydrogens is 261 g/mol. The highest BCUT2D eigenvalue weighted by atomic mass is 19.4. The van der Waals surface area contributed by atoms with Gasteiger partial charge in [0.25, 0.3) is 5.60 Å². The fraction of sp³-hybridized carbons (Fsp3) is 0.154. The second kappa shape index (κ2) is 4.55. The lowest BCUT2D eigenvalue weighted by molar-refractivity contribution is -0.242. The zero-order valence-electron chi connectivity index (χ0n) is 9.52. The molecule has 1 atom stereocenters. The van der Waals surface area contributed by atoms with Crippen molar-refractivity contribution in [2.45, 2.75) is 11.8 Å². The summed E-state index contributed by atoms with van der Waals surface area (Å²) in [6, 6.07) is 8.51. The number of furan rings is 1. The van der Waals surface area contributed by atoms with E-state index < -0.39 is 28.9 Å². The molecule has 19 heavy (non-hydrogen) atoms. The molecule has 0 saturated heterocycles. The van der Waals surface area contributed by atoms with Crippen molar-refractivity contribution in [1.29, 1.82) is 0 Å². The molecule has 1 aromatic heterocycles. The number of ketones is 1. The Labute approximate surface area is 106 Å². The second-order valence-corrected chi connectivity index (χ2v) is 3.88. The predicted molar refractivity (Wildman–Crippen MR) is 59.4 cm³/mol. The van der Waals surface area contributed by atoms with Crippen LogP contribution in [0.5, 0.6) is 0 Å². The molecule has 6 heteroatoms. The Kier molecular flexibility index (Phi) is 3.20. The molecule has 0 saturated carbocycles. The van der Waals surface area contributed by atoms with Crippen molar-refractivity contribution in [2.24, 2.45) is 0 Å². The largest absolute Gasteiger partial charge is 0.461 e. The molecule has 1 aromatic carbocycles. The first kappa shape index (κ1) is 13.4. The number of hydrogen-bond donors (Lipinski definition) is 1. The van der Waals surface area contributed by atoms with Gasteiger partial charge in [-0.2, -0.15) is 13.2 Å². The zero-order chi connectivity index (χ0) is 14.1. The van der Waals surface area contributed by atoms with Crippen LogP contribution in [0.3, 0.4) is 0 Å². The zero-order valence-corrected chi connectivity index (χ0v) is 9.52. The molecule has 0 aliphatic carbocycles. The molecule has 0 fully saturated rings. The minimum atomic E-state index is -5.15. The maximum atomic E-state index is 13.1. The van der Waals surface area contributed by atoms with E-state index in [2.05, 4.69) is 4.42 Å². The molecule has 0 bridgehead atoms. The molecule has 1 N–H and O–H groups in total. The van der Waals surface area contributed by atoms with Gasteiger partial charge in [-0.25, -0.2) is 0 Å². The summed E-state index contributed by atoms with van der Waals surface area (Å²) < 4.78 is 44.0. The van der Waals surface area contributed by atoms with Crippen LogP contribution in [0.25, 0.3) is 0 Å². The van der Waals surface area contributed by atoms with E-state index in [1.807, 2.05) is 0 Å². The minimum Gasteiger partial charge on any atom is -0.461 e. The van der Waals surface area contributed by atoms with E-state index in [0.29, 0.717) is 0 Å². The van der Waals surface area contributed by atoms with Crippen LogP contribution in [0.2, 0.25) is 0 Å². The van der Waals surface area contributed by atoms with Crippen LogP contribution in [0.15, 0.2) is 53.1 Å². The molecule has 2 aromatic rings. The lowest BCUT2D eigenvalue weighted by Gasteiger charge is -2.28. The van der Waals surface area contributed by atoms with Gasteiger partial charge in [-0.05, 0) is 12.1 Å². The molecule has 0 aliphatic rings. The third-order valence-electron chi connectivity index (χ3n) is 2.68. The van der Waals surface area contributed by atoms with Crippen molar-refractivity contribution < 1.29 is 27.5 Å². The van der Waals surface area contributed by atoms with Gasteiger partial charge in [0, 0.05) is 5.56 Å². The molecule has 0 aliphatic heterocycles. The number of carbonyl (C=O) groups is 1. The number of carbonyl (C=O) groups excluding carboxylic acids is 1. The lowest BCUT2D eigenvalue weighted by Crippen LogP contribution is -2.49. The van der Waals surface area contributed by atoms with E-state index in [1.54, 1.807) is 0 Å². The Hall–Kier alpha value is -2.08. The summed E-state index contributed by atoms with van der Waals surface area (Å²) in [7, 11) is 0. The number of alkyl halides is 3. The first-order valence-electron chi connectivity index (χ1n) is 5.30. The summed E-state index contributed by atoms with van der Waals surface area (Å²) in [5.74, 6) is -2.10. The van der Waals surface area contributed by atoms with Gasteiger partial charge in [-0.1, -0.05) is 30.3 Å². The molecule has 0 radical (unpaired) electrons. The highest BCUT2D eigenvalue weighted by Crippen LogP contribution is 2.41. The van der Waals surface area contributed by atoms with Crippen LogP contribution in [0, 0.1) is 0 Å². The van der Waals surface area contributed by atoms with E-state index in [9.17, 15) is 23.1 Å². The van der Waals surface area contributed by atoms with Gasteiger partial charge < -0.3 is 9.52 Å². The number of Topliss-reactive ketones (excluding diaryl/α,β-unsaturated/α-hetero) is 1. The van der Waals surface area contributed by atoms with Crippen molar-refractivity contribution in [3.05, 3.63) is 60.1 Å². The topological polar surface area (TPSA) is 50.4 Å². The summed E-state index contributed by atoms with van der Waals surface area (Å²) in [6.45, 7) is 0. The summed E-state index contributed by atoms with van der Waals surface area (Å²) in [5.41, 5.74) is -4.17. The van der Waals surface area contributed by atoms with Gasteiger partial charge in [0.05, 0.1) is 6.26 Å². The highest BCUT2D eigenvalue weighted by Gasteiger charge is 2.61. The van der Waals surface area contributed by atoms with Gasteiger partial charge in [-0.3, -0.25) is 4.79 Å². The maximum absolute atomic E-state index is 13.1. The summed E-state index contributed by atoms with van der Waals surface area (Å²) in [4.78, 5) is 11.9. The van der Waals surface area contributed by atoms with E-state index in [4.69, 9.17) is 0 Å². The third-order valence-corrected chi connectivity index (χ3v) is 2.68. The number of halogens is 3. The third kappa shape index (κ3) is 2.15. The molecule has 100 valence electrons. The standard InChI is InChI=1S/C13H9F3O3/c14-13(15,16)12(18,9-5-2-1-3-6-9)11(17)10-7-4-8-19-10/h1-8,18H. The van der Waals surface area contributed by atoms with Gasteiger partial charge in [-0.15, -0.1) is 0 Å². The molecule has 0 spiro atoms. The average Bonchev–Trinajstić information content (AvgIpc) is 2.90. The van der Waals surface area contributed by atoms with Gasteiger partial charge in [0.2, 0.25) is 5.78 Å². The van der Waals surface area contributed by atoms with Crippen LogP contribution < -0.4 is 0 Å². The van der Waals surface area contributed by atoms with Crippen molar-refractivity contribution in [1.82, 2.24) is 0 Å². The first-order valence-corrected chi connectivity index (χ1v) is 5.30. The quantitative estimate of drug-likeness (QED) is 0.872. The lowest BCUT2D eigenvalue weighted by atomic mass is 9.87. The van der Waals surface area contributed by atoms with Crippen LogP contribution >= 0.6 is 0 Å². The van der Waals surface area contributed by atoms with Crippen LogP contribution in [0.4, 0.5) is 13.2 Å². The summed E-state index contributed by atoms with van der Waals surface area (Å²) in [6.07, 6.45) is -4.09. The molecule has 3 nitrogen and oxygen atoms in total. The van der Waals surface area contributed by atoms with Crippen LogP contribution in [-0.4, -0.2) is 17.1 Å². The fourth-order valence-electron chi connectivity index (χ4n) is 1.69. The van der Waals surface area contributed by atoms with Crippen LogP contribution in [0.1, 0.15) is 16.1 Å². The first-order chi connectivity index (χ1) is 8.87. The number of hydrogen-bond acceptors (Lipinski definition) is 3. The van der Waals surface area contributed by atoms with Gasteiger partial charge in [0.1, 0.15) is 0 Å². The van der Waals surface area contributed by atoms with E-state index in [1.165, 1.54) is 24.3 Å². The molecule has 1 unspecified atom stereocenters. The Bertz CT molecular complexity index is 561. The fourth-order valence-corrected chi connectivity index (χ4v) is 1.69. The number of aliphatic hydroxyl groups is 1. The summed E-state index contributed by atoms with van der Waals surface area (Å²) in [5, 5.41) is 9.92. The monoisotopic (exact) mass is 270 g/mol. The van der Waals surface area contributed by atoms with E-state index in [-0.39, 0.29) is 0 Å². The predicted octanol–water partition coefficient (Wildman–Crippen LogP) is 2.91. The maximum Gasteiger partial charge on any atom is 0.429 e. The Morgan fingerprint density at radius 1 is 1.05 bits per heavy atom. The average molecular weight is 270 g/mol. The van der Waals surface area contributed by atoms with Crippen molar-refractivity contribution in [3.63, 3.8) is 0 Å². The molecule has 0 amide bonds. The normalized spacial score (nSPS) is 14.9. The summed E-state index contributed by atoms with van der Waals surface area (Å²) >= 11 is 0. The molecular formula is C13H9F3O3. The van der Waals surface area contributed by atoms with E-state index >= 15 is 0 Å². The Morgan fingerprint density at radius 2 is 1.68 bits per heavy atom. The van der Waals surface area contributed by atoms with Gasteiger partial charge in [0.15, 0.2) is 5.76 Å². The van der Waals surface area contributed by atoms with E-state index in [0.717, 1.165) is 24.5 Å².